The van der Waals surface area contributed by atoms with E-state index < -0.39 is 50.1 Å². The van der Waals surface area contributed by atoms with Crippen LogP contribution in [0.25, 0.3) is 10.9 Å². The SMILES string of the molecule is CC(c1cc(F)nc2ccccc12)C1NC(=O)N(c2ccc(S(=O)(=O)C(F)(F)F)cc2)C1=O. The van der Waals surface area contributed by atoms with Gasteiger partial charge >= 0.3 is 11.5 Å². The van der Waals surface area contributed by atoms with Gasteiger partial charge in [0.2, 0.25) is 5.95 Å². The van der Waals surface area contributed by atoms with Crippen LogP contribution < -0.4 is 10.2 Å². The molecule has 3 amide bonds. The molecule has 172 valence electrons. The first-order chi connectivity index (χ1) is 15.4. The lowest BCUT2D eigenvalue weighted by atomic mass is 9.90. The van der Waals surface area contributed by atoms with Crippen molar-refractivity contribution in [3.05, 3.63) is 66.1 Å². The molecule has 1 aliphatic heterocycles. The normalized spacial score (nSPS) is 18.0. The predicted octanol–water partition coefficient (Wildman–Crippen LogP) is 3.90. The van der Waals surface area contributed by atoms with Crippen LogP contribution in [0.3, 0.4) is 0 Å². The number of anilines is 1. The third-order valence-electron chi connectivity index (χ3n) is 5.39. The van der Waals surface area contributed by atoms with Gasteiger partial charge in [-0.15, -0.1) is 0 Å². The molecule has 1 aliphatic rings. The zero-order chi connectivity index (χ0) is 24.1. The van der Waals surface area contributed by atoms with Gasteiger partial charge in [0, 0.05) is 11.3 Å². The van der Waals surface area contributed by atoms with Gasteiger partial charge in [0.15, 0.2) is 0 Å². The standard InChI is InChI=1S/C21H15F4N3O4S/c1-11(15-10-17(22)26-16-5-3-2-4-14(15)16)18-19(29)28(20(30)27-18)12-6-8-13(9-7-12)33(31,32)21(23,24)25/h2-11,18H,1H3,(H,27,30). The van der Waals surface area contributed by atoms with Crippen LogP contribution in [0.5, 0.6) is 0 Å². The molecular weight excluding hydrogens is 466 g/mol. The third-order valence-corrected chi connectivity index (χ3v) is 6.89. The quantitative estimate of drug-likeness (QED) is 0.347. The molecule has 7 nitrogen and oxygen atoms in total. The van der Waals surface area contributed by atoms with E-state index in [1.54, 1.807) is 31.2 Å². The molecule has 0 aliphatic carbocycles. The highest BCUT2D eigenvalue weighted by Gasteiger charge is 2.47. The van der Waals surface area contributed by atoms with E-state index in [1.807, 2.05) is 0 Å². The zero-order valence-electron chi connectivity index (χ0n) is 16.8. The molecule has 0 saturated carbocycles. The molecular formula is C21H15F4N3O4S. The number of carbonyl (C=O) groups excluding carboxylic acids is 2. The second-order valence-corrected chi connectivity index (χ2v) is 9.33. The maximum Gasteiger partial charge on any atom is 0.501 e. The zero-order valence-corrected chi connectivity index (χ0v) is 17.6. The van der Waals surface area contributed by atoms with E-state index >= 15 is 0 Å². The number of halogens is 4. The summed E-state index contributed by atoms with van der Waals surface area (Å²) in [6.45, 7) is 1.62. The fourth-order valence-corrected chi connectivity index (χ4v) is 4.48. The number of para-hydroxylation sites is 1. The van der Waals surface area contributed by atoms with Gasteiger partial charge in [-0.25, -0.2) is 23.1 Å². The Bertz CT molecular complexity index is 1370. The molecule has 3 aromatic rings. The van der Waals surface area contributed by atoms with Crippen LogP contribution in [0.2, 0.25) is 0 Å². The number of imide groups is 1. The number of alkyl halides is 3. The van der Waals surface area contributed by atoms with Crippen molar-refractivity contribution < 1.29 is 35.6 Å². The number of pyridine rings is 1. The Kier molecular flexibility index (Phi) is 5.35. The number of sulfone groups is 1. The van der Waals surface area contributed by atoms with E-state index in [0.29, 0.717) is 33.5 Å². The summed E-state index contributed by atoms with van der Waals surface area (Å²) in [5, 5.41) is 3.09. The highest BCUT2D eigenvalue weighted by molar-refractivity contribution is 7.92. The van der Waals surface area contributed by atoms with Crippen molar-refractivity contribution in [2.24, 2.45) is 0 Å². The van der Waals surface area contributed by atoms with Crippen molar-refractivity contribution in [2.45, 2.75) is 29.3 Å². The molecule has 2 aromatic carbocycles. The summed E-state index contributed by atoms with van der Waals surface area (Å²) in [4.78, 5) is 29.0. The summed E-state index contributed by atoms with van der Waals surface area (Å²) >= 11 is 0. The number of amides is 3. The van der Waals surface area contributed by atoms with Gasteiger partial charge in [-0.1, -0.05) is 25.1 Å². The van der Waals surface area contributed by atoms with Gasteiger partial charge < -0.3 is 5.32 Å². The topological polar surface area (TPSA) is 96.4 Å². The summed E-state index contributed by atoms with van der Waals surface area (Å²) in [7, 11) is -5.57. The van der Waals surface area contributed by atoms with Crippen LogP contribution >= 0.6 is 0 Å². The lowest BCUT2D eigenvalue weighted by molar-refractivity contribution is -0.118. The van der Waals surface area contributed by atoms with Crippen molar-refractivity contribution in [3.63, 3.8) is 0 Å². The Balaban J connectivity index is 1.65. The van der Waals surface area contributed by atoms with Gasteiger partial charge in [0.1, 0.15) is 6.04 Å². The Labute approximate surface area is 184 Å². The number of rotatable bonds is 4. The molecule has 0 bridgehead atoms. The summed E-state index contributed by atoms with van der Waals surface area (Å²) in [6, 6.07) is 9.14. The smallest absolute Gasteiger partial charge is 0.325 e. The van der Waals surface area contributed by atoms with E-state index in [1.165, 1.54) is 6.07 Å². The first-order valence-electron chi connectivity index (χ1n) is 9.53. The Morgan fingerprint density at radius 2 is 1.70 bits per heavy atom. The van der Waals surface area contributed by atoms with Crippen LogP contribution in [0.15, 0.2) is 59.5 Å². The molecule has 33 heavy (non-hydrogen) atoms. The Hall–Kier alpha value is -3.54. The van der Waals surface area contributed by atoms with Gasteiger partial charge in [-0.2, -0.15) is 17.6 Å². The molecule has 4 rings (SSSR count). The molecule has 2 atom stereocenters. The van der Waals surface area contributed by atoms with E-state index in [4.69, 9.17) is 0 Å². The first-order valence-corrected chi connectivity index (χ1v) is 11.0. The fraction of sp³-hybridized carbons (Fsp3) is 0.190. The van der Waals surface area contributed by atoms with Crippen molar-refractivity contribution >= 4 is 38.4 Å². The number of hydrogen-bond acceptors (Lipinski definition) is 5. The minimum absolute atomic E-state index is 0.112. The number of hydrogen-bond donors (Lipinski definition) is 1. The van der Waals surface area contributed by atoms with Crippen molar-refractivity contribution in [1.29, 1.82) is 0 Å². The molecule has 0 spiro atoms. The van der Waals surface area contributed by atoms with Crippen molar-refractivity contribution in [2.75, 3.05) is 4.90 Å². The lowest BCUT2D eigenvalue weighted by Gasteiger charge is -2.20. The summed E-state index contributed by atoms with van der Waals surface area (Å²) < 4.78 is 75.3. The van der Waals surface area contributed by atoms with Crippen LogP contribution in [0, 0.1) is 5.95 Å². The van der Waals surface area contributed by atoms with Gasteiger partial charge in [-0.3, -0.25) is 4.79 Å². The number of nitrogens with zero attached hydrogens (tertiary/aromatic N) is 2. The molecule has 2 heterocycles. The maximum atomic E-state index is 14.1. The van der Waals surface area contributed by atoms with Gasteiger partial charge in [0.25, 0.3) is 15.7 Å². The van der Waals surface area contributed by atoms with E-state index in [0.717, 1.165) is 12.1 Å². The number of benzene rings is 2. The summed E-state index contributed by atoms with van der Waals surface area (Å²) in [5.41, 5.74) is -4.79. The molecule has 1 aromatic heterocycles. The molecule has 0 radical (unpaired) electrons. The number of urea groups is 1. The van der Waals surface area contributed by atoms with E-state index in [2.05, 4.69) is 10.3 Å². The number of fused-ring (bicyclic) bond motifs is 1. The Morgan fingerprint density at radius 1 is 1.06 bits per heavy atom. The minimum Gasteiger partial charge on any atom is -0.325 e. The van der Waals surface area contributed by atoms with E-state index in [9.17, 15) is 35.6 Å². The second-order valence-electron chi connectivity index (χ2n) is 7.38. The van der Waals surface area contributed by atoms with Crippen molar-refractivity contribution in [1.82, 2.24) is 10.3 Å². The number of aromatic nitrogens is 1. The minimum atomic E-state index is -5.57. The average Bonchev–Trinajstić information content (AvgIpc) is 3.05. The average molecular weight is 481 g/mol. The van der Waals surface area contributed by atoms with E-state index in [-0.39, 0.29) is 5.69 Å². The molecule has 1 N–H and O–H groups in total. The highest BCUT2D eigenvalue weighted by atomic mass is 32.2. The maximum absolute atomic E-state index is 14.1. The highest BCUT2D eigenvalue weighted by Crippen LogP contribution is 2.34. The van der Waals surface area contributed by atoms with Crippen LogP contribution in [0.4, 0.5) is 28.0 Å². The lowest BCUT2D eigenvalue weighted by Crippen LogP contribution is -2.35. The summed E-state index contributed by atoms with van der Waals surface area (Å²) in [6.07, 6.45) is 0. The van der Waals surface area contributed by atoms with Crippen LogP contribution in [-0.2, 0) is 14.6 Å². The number of carbonyl (C=O) groups is 2. The van der Waals surface area contributed by atoms with Gasteiger partial charge in [-0.05, 0) is 42.0 Å². The predicted molar refractivity (Wildman–Crippen MR) is 110 cm³/mol. The second kappa shape index (κ2) is 7.80. The van der Waals surface area contributed by atoms with Gasteiger partial charge in [0.05, 0.1) is 16.1 Å². The fourth-order valence-electron chi connectivity index (χ4n) is 3.71. The largest absolute Gasteiger partial charge is 0.501 e. The Morgan fingerprint density at radius 3 is 2.33 bits per heavy atom. The molecule has 1 fully saturated rings. The summed E-state index contributed by atoms with van der Waals surface area (Å²) in [5.74, 6) is -2.16. The number of nitrogens with one attached hydrogen (secondary N) is 1. The van der Waals surface area contributed by atoms with Crippen LogP contribution in [-0.4, -0.2) is 36.9 Å². The first kappa shape index (κ1) is 22.6. The monoisotopic (exact) mass is 481 g/mol. The van der Waals surface area contributed by atoms with Crippen molar-refractivity contribution in [3.8, 4) is 0 Å². The molecule has 12 heteroatoms. The van der Waals surface area contributed by atoms with Crippen LogP contribution in [0.1, 0.15) is 18.4 Å². The molecule has 1 saturated heterocycles. The molecule has 2 unspecified atom stereocenters. The third kappa shape index (κ3) is 3.80.